The summed E-state index contributed by atoms with van der Waals surface area (Å²) in [6.07, 6.45) is 0.579. The van der Waals surface area contributed by atoms with Crippen LogP contribution in [0.2, 0.25) is 0 Å². The van der Waals surface area contributed by atoms with Crippen LogP contribution in [-0.2, 0) is 14.8 Å². The molecule has 0 aromatic carbocycles. The number of hydrogen-bond acceptors (Lipinski definition) is 6. The summed E-state index contributed by atoms with van der Waals surface area (Å²) in [4.78, 5) is 11.6. The van der Waals surface area contributed by atoms with E-state index in [0.29, 0.717) is 19.5 Å². The molecule has 22 heavy (non-hydrogen) atoms. The third kappa shape index (κ3) is 2.90. The number of aryl methyl sites for hydroxylation is 1. The van der Waals surface area contributed by atoms with Crippen molar-refractivity contribution in [2.45, 2.75) is 38.3 Å². The zero-order valence-corrected chi connectivity index (χ0v) is 14.1. The van der Waals surface area contributed by atoms with E-state index >= 15 is 0 Å². The lowest BCUT2D eigenvalue weighted by Gasteiger charge is -2.41. The van der Waals surface area contributed by atoms with Gasteiger partial charge in [0, 0.05) is 25.2 Å². The molecule has 1 aliphatic heterocycles. The highest BCUT2D eigenvalue weighted by molar-refractivity contribution is 7.89. The molecule has 1 aromatic heterocycles. The van der Waals surface area contributed by atoms with E-state index < -0.39 is 16.0 Å². The average Bonchev–Trinajstić information content (AvgIpc) is 2.83. The monoisotopic (exact) mass is 330 g/mol. The topological polar surface area (TPSA) is 103 Å². The van der Waals surface area contributed by atoms with Crippen molar-refractivity contribution < 1.29 is 22.4 Å². The molecule has 0 saturated carbocycles. The number of piperidine rings is 1. The maximum absolute atomic E-state index is 12.7. The summed E-state index contributed by atoms with van der Waals surface area (Å²) < 4.78 is 36.7. The van der Waals surface area contributed by atoms with Crippen LogP contribution in [0.4, 0.5) is 0 Å². The van der Waals surface area contributed by atoms with Gasteiger partial charge in [0.2, 0.25) is 5.09 Å². The largest absolute Gasteiger partial charge is 0.465 e. The normalized spacial score (nSPS) is 22.5. The summed E-state index contributed by atoms with van der Waals surface area (Å²) in [6.45, 7) is 6.05. The lowest BCUT2D eigenvalue weighted by atomic mass is 9.81. The van der Waals surface area contributed by atoms with Crippen LogP contribution in [0.1, 0.15) is 36.4 Å². The maximum Gasteiger partial charge on any atom is 0.341 e. The molecule has 2 rings (SSSR count). The number of carbonyl (C=O) groups excluding carboxylic acids is 1. The summed E-state index contributed by atoms with van der Waals surface area (Å²) in [6, 6.07) is 1.17. The molecular formula is C14H22N2O5S. The van der Waals surface area contributed by atoms with Gasteiger partial charge >= 0.3 is 5.97 Å². The van der Waals surface area contributed by atoms with Crippen LogP contribution in [-0.4, -0.2) is 44.9 Å². The zero-order chi connectivity index (χ0) is 16.7. The SMILES string of the molecule is COC(=O)c1cc(S(=O)(=O)N2CCC(N)C(C)(C)C2)oc1C. The minimum atomic E-state index is -3.80. The molecule has 1 aliphatic rings. The molecule has 2 N–H and O–H groups in total. The van der Waals surface area contributed by atoms with E-state index in [9.17, 15) is 13.2 Å². The van der Waals surface area contributed by atoms with Gasteiger partial charge in [0.15, 0.2) is 0 Å². The summed E-state index contributed by atoms with van der Waals surface area (Å²) in [5.41, 5.74) is 5.83. The maximum atomic E-state index is 12.7. The average molecular weight is 330 g/mol. The molecule has 124 valence electrons. The van der Waals surface area contributed by atoms with Crippen LogP contribution in [0.25, 0.3) is 0 Å². The van der Waals surface area contributed by atoms with Crippen LogP contribution < -0.4 is 5.73 Å². The van der Waals surface area contributed by atoms with Gasteiger partial charge in [-0.05, 0) is 18.8 Å². The predicted molar refractivity (Wildman–Crippen MR) is 79.9 cm³/mol. The standard InChI is InChI=1S/C14H22N2O5S/c1-9-10(13(17)20-4)7-12(21-9)22(18,19)16-6-5-11(15)14(2,3)8-16/h7,11H,5-6,8,15H2,1-4H3. The van der Waals surface area contributed by atoms with E-state index in [4.69, 9.17) is 10.2 Å². The molecule has 0 radical (unpaired) electrons. The Morgan fingerprint density at radius 2 is 2.14 bits per heavy atom. The van der Waals surface area contributed by atoms with Crippen LogP contribution >= 0.6 is 0 Å². The molecule has 0 bridgehead atoms. The van der Waals surface area contributed by atoms with E-state index in [0.717, 1.165) is 0 Å². The molecule has 0 aliphatic carbocycles. The number of sulfonamides is 1. The fourth-order valence-electron chi connectivity index (χ4n) is 2.55. The van der Waals surface area contributed by atoms with Crippen molar-refractivity contribution in [3.63, 3.8) is 0 Å². The molecule has 1 atom stereocenters. The molecule has 8 heteroatoms. The molecule has 1 unspecified atom stereocenters. The van der Waals surface area contributed by atoms with E-state index in [2.05, 4.69) is 4.74 Å². The van der Waals surface area contributed by atoms with Crippen molar-refractivity contribution in [2.75, 3.05) is 20.2 Å². The van der Waals surface area contributed by atoms with E-state index in [1.165, 1.54) is 24.4 Å². The highest BCUT2D eigenvalue weighted by Crippen LogP contribution is 2.32. The van der Waals surface area contributed by atoms with Gasteiger partial charge in [0.05, 0.1) is 7.11 Å². The highest BCUT2D eigenvalue weighted by Gasteiger charge is 2.40. The Labute approximate surface area is 130 Å². The minimum Gasteiger partial charge on any atom is -0.465 e. The van der Waals surface area contributed by atoms with Crippen LogP contribution in [0, 0.1) is 12.3 Å². The Hall–Kier alpha value is -1.38. The molecule has 1 fully saturated rings. The van der Waals surface area contributed by atoms with Gasteiger partial charge in [0.25, 0.3) is 10.0 Å². The van der Waals surface area contributed by atoms with Crippen molar-refractivity contribution in [1.82, 2.24) is 4.31 Å². The fourth-order valence-corrected chi connectivity index (χ4v) is 4.15. The summed E-state index contributed by atoms with van der Waals surface area (Å²) >= 11 is 0. The second kappa shape index (κ2) is 5.68. The van der Waals surface area contributed by atoms with Gasteiger partial charge in [0.1, 0.15) is 11.3 Å². The lowest BCUT2D eigenvalue weighted by molar-refractivity contribution is 0.0599. The van der Waals surface area contributed by atoms with Crippen molar-refractivity contribution in [1.29, 1.82) is 0 Å². The number of esters is 1. The number of carbonyl (C=O) groups is 1. The minimum absolute atomic E-state index is 0.0529. The third-order valence-corrected chi connectivity index (χ3v) is 5.87. The Balaban J connectivity index is 2.34. The number of furan rings is 1. The van der Waals surface area contributed by atoms with E-state index in [1.807, 2.05) is 13.8 Å². The van der Waals surface area contributed by atoms with Crippen molar-refractivity contribution in [3.8, 4) is 0 Å². The molecule has 1 aromatic rings. The first-order chi connectivity index (χ1) is 10.1. The number of methoxy groups -OCH3 is 1. The Morgan fingerprint density at radius 1 is 1.50 bits per heavy atom. The first kappa shape index (κ1) is 17.0. The van der Waals surface area contributed by atoms with Crippen molar-refractivity contribution >= 4 is 16.0 Å². The molecule has 2 heterocycles. The number of hydrogen-bond donors (Lipinski definition) is 1. The van der Waals surface area contributed by atoms with E-state index in [1.54, 1.807) is 0 Å². The Bertz CT molecular complexity index is 677. The molecular weight excluding hydrogens is 308 g/mol. The summed E-state index contributed by atoms with van der Waals surface area (Å²) in [7, 11) is -2.56. The molecule has 1 saturated heterocycles. The van der Waals surface area contributed by atoms with Crippen LogP contribution in [0.15, 0.2) is 15.6 Å². The molecule has 0 spiro atoms. The predicted octanol–water partition coefficient (Wildman–Crippen LogP) is 1.12. The lowest BCUT2D eigenvalue weighted by Crippen LogP contribution is -2.53. The Morgan fingerprint density at radius 3 is 2.68 bits per heavy atom. The summed E-state index contributed by atoms with van der Waals surface area (Å²) in [5, 5.41) is -0.239. The van der Waals surface area contributed by atoms with Gasteiger partial charge < -0.3 is 14.9 Å². The number of nitrogens with zero attached hydrogens (tertiary/aromatic N) is 1. The fraction of sp³-hybridized carbons (Fsp3) is 0.643. The first-order valence-corrected chi connectivity index (χ1v) is 8.48. The third-order valence-electron chi connectivity index (χ3n) is 4.17. The first-order valence-electron chi connectivity index (χ1n) is 7.04. The van der Waals surface area contributed by atoms with Gasteiger partial charge in [-0.25, -0.2) is 13.2 Å². The van der Waals surface area contributed by atoms with Crippen molar-refractivity contribution in [3.05, 3.63) is 17.4 Å². The second-order valence-electron chi connectivity index (χ2n) is 6.25. The molecule has 7 nitrogen and oxygen atoms in total. The Kier molecular flexibility index (Phi) is 4.38. The van der Waals surface area contributed by atoms with Gasteiger partial charge in [-0.2, -0.15) is 4.31 Å². The van der Waals surface area contributed by atoms with E-state index in [-0.39, 0.29) is 27.9 Å². The van der Waals surface area contributed by atoms with Gasteiger partial charge in [-0.3, -0.25) is 0 Å². The number of nitrogens with two attached hydrogens (primary N) is 1. The van der Waals surface area contributed by atoms with Gasteiger partial charge in [-0.15, -0.1) is 0 Å². The summed E-state index contributed by atoms with van der Waals surface area (Å²) in [5.74, 6) is -0.401. The van der Waals surface area contributed by atoms with Crippen LogP contribution in [0.3, 0.4) is 0 Å². The van der Waals surface area contributed by atoms with Crippen molar-refractivity contribution in [2.24, 2.45) is 11.1 Å². The number of rotatable bonds is 3. The quantitative estimate of drug-likeness (QED) is 0.833. The van der Waals surface area contributed by atoms with Crippen LogP contribution in [0.5, 0.6) is 0 Å². The smallest absolute Gasteiger partial charge is 0.341 e. The number of ether oxygens (including phenoxy) is 1. The molecule has 0 amide bonds. The highest BCUT2D eigenvalue weighted by atomic mass is 32.2. The van der Waals surface area contributed by atoms with Gasteiger partial charge in [-0.1, -0.05) is 13.8 Å². The zero-order valence-electron chi connectivity index (χ0n) is 13.3. The second-order valence-corrected chi connectivity index (χ2v) is 8.12.